The van der Waals surface area contributed by atoms with Gasteiger partial charge in [0, 0.05) is 0 Å². The van der Waals surface area contributed by atoms with Crippen molar-refractivity contribution < 1.29 is 17.0 Å². The van der Waals surface area contributed by atoms with Crippen LogP contribution in [0, 0.1) is 5.82 Å². The topological polar surface area (TPSA) is 69.2 Å². The van der Waals surface area contributed by atoms with Crippen molar-refractivity contribution in [2.24, 2.45) is 0 Å². The van der Waals surface area contributed by atoms with E-state index < -0.39 is 21.8 Å². The van der Waals surface area contributed by atoms with Crippen molar-refractivity contribution in [2.75, 3.05) is 6.26 Å². The monoisotopic (exact) mass is 298 g/mol. The lowest BCUT2D eigenvalue weighted by atomic mass is 10.3. The molecule has 0 aliphatic rings. The molecule has 0 N–H and O–H groups in total. The van der Waals surface area contributed by atoms with Gasteiger partial charge in [0.05, 0.1) is 16.8 Å². The van der Waals surface area contributed by atoms with Gasteiger partial charge in [-0.3, -0.25) is 0 Å². The molecule has 8 heteroatoms. The largest absolute Gasteiger partial charge is 0.358 e. The maximum atomic E-state index is 13.5. The molecule has 1 atom stereocenters. The summed E-state index contributed by atoms with van der Waals surface area (Å²) in [5, 5.41) is 0. The number of hydrogen-bond acceptors (Lipinski definition) is 5. The van der Waals surface area contributed by atoms with Gasteiger partial charge in [-0.15, -0.1) is 0 Å². The zero-order valence-corrected chi connectivity index (χ0v) is 10.3. The Labute approximate surface area is 94.9 Å². The first kappa shape index (κ1) is 12.3. The molecule has 0 aliphatic heterocycles. The van der Waals surface area contributed by atoms with Crippen LogP contribution in [0.3, 0.4) is 0 Å². The SMILES string of the molecule is C[C@H](Br)c1ncnc(OS(C)(=O)=O)c1F. The Bertz CT molecular complexity index is 463. The molecule has 1 aromatic heterocycles. The number of hydrogen-bond donors (Lipinski definition) is 0. The first-order valence-electron chi connectivity index (χ1n) is 3.85. The number of nitrogens with zero attached hydrogens (tertiary/aromatic N) is 2. The van der Waals surface area contributed by atoms with Gasteiger partial charge in [-0.25, -0.2) is 4.98 Å². The molecule has 0 amide bonds. The molecular weight excluding hydrogens is 291 g/mol. The summed E-state index contributed by atoms with van der Waals surface area (Å²) in [6.45, 7) is 1.65. The molecule has 0 saturated carbocycles. The maximum absolute atomic E-state index is 13.5. The molecule has 0 fully saturated rings. The Morgan fingerprint density at radius 2 is 2.13 bits per heavy atom. The Kier molecular flexibility index (Phi) is 3.61. The molecule has 0 aliphatic carbocycles. The molecule has 0 saturated heterocycles. The van der Waals surface area contributed by atoms with Crippen molar-refractivity contribution in [1.29, 1.82) is 0 Å². The van der Waals surface area contributed by atoms with E-state index in [9.17, 15) is 12.8 Å². The van der Waals surface area contributed by atoms with Gasteiger partial charge < -0.3 is 4.18 Å². The van der Waals surface area contributed by atoms with Crippen molar-refractivity contribution in [1.82, 2.24) is 9.97 Å². The summed E-state index contributed by atoms with van der Waals surface area (Å²) in [7, 11) is -3.79. The molecule has 0 radical (unpaired) electrons. The van der Waals surface area contributed by atoms with Crippen LogP contribution in [-0.4, -0.2) is 24.6 Å². The van der Waals surface area contributed by atoms with Crippen LogP contribution in [0.15, 0.2) is 6.33 Å². The smallest absolute Gasteiger partial charge is 0.307 e. The third-order valence-electron chi connectivity index (χ3n) is 1.39. The molecular formula is C7H8BrFN2O3S. The minimum atomic E-state index is -3.79. The fraction of sp³-hybridized carbons (Fsp3) is 0.429. The Morgan fingerprint density at radius 1 is 1.53 bits per heavy atom. The van der Waals surface area contributed by atoms with E-state index >= 15 is 0 Å². The number of halogens is 2. The Hall–Kier alpha value is -0.760. The second-order valence-electron chi connectivity index (χ2n) is 2.78. The Balaban J connectivity index is 3.16. The third kappa shape index (κ3) is 3.38. The second-order valence-corrected chi connectivity index (χ2v) is 5.73. The van der Waals surface area contributed by atoms with E-state index in [1.165, 1.54) is 0 Å². The summed E-state index contributed by atoms with van der Waals surface area (Å²) >= 11 is 3.11. The summed E-state index contributed by atoms with van der Waals surface area (Å²) in [5.41, 5.74) is 0.0450. The second kappa shape index (κ2) is 4.40. The van der Waals surface area contributed by atoms with Crippen molar-refractivity contribution in [3.05, 3.63) is 17.8 Å². The quantitative estimate of drug-likeness (QED) is 0.623. The lowest BCUT2D eigenvalue weighted by Gasteiger charge is -2.07. The van der Waals surface area contributed by atoms with Gasteiger partial charge in [-0.05, 0) is 6.92 Å². The summed E-state index contributed by atoms with van der Waals surface area (Å²) < 4.78 is 39.4. The van der Waals surface area contributed by atoms with Gasteiger partial charge in [-0.1, -0.05) is 15.9 Å². The van der Waals surface area contributed by atoms with Crippen LogP contribution in [-0.2, 0) is 10.1 Å². The molecule has 1 rings (SSSR count). The minimum Gasteiger partial charge on any atom is -0.358 e. The molecule has 0 spiro atoms. The molecule has 84 valence electrons. The van der Waals surface area contributed by atoms with Crippen molar-refractivity contribution in [2.45, 2.75) is 11.8 Å². The van der Waals surface area contributed by atoms with Crippen LogP contribution >= 0.6 is 15.9 Å². The lowest BCUT2D eigenvalue weighted by molar-refractivity contribution is 0.446. The van der Waals surface area contributed by atoms with Crippen LogP contribution in [0.2, 0.25) is 0 Å². The third-order valence-corrected chi connectivity index (χ3v) is 2.29. The Morgan fingerprint density at radius 3 is 2.60 bits per heavy atom. The molecule has 15 heavy (non-hydrogen) atoms. The highest BCUT2D eigenvalue weighted by Crippen LogP contribution is 2.26. The van der Waals surface area contributed by atoms with E-state index in [-0.39, 0.29) is 10.5 Å². The van der Waals surface area contributed by atoms with E-state index in [4.69, 9.17) is 0 Å². The average Bonchev–Trinajstić information content (AvgIpc) is 2.05. The summed E-state index contributed by atoms with van der Waals surface area (Å²) in [6, 6.07) is 0. The van der Waals surface area contributed by atoms with Gasteiger partial charge in [0.15, 0.2) is 0 Å². The summed E-state index contributed by atoms with van der Waals surface area (Å²) in [5.74, 6) is -1.47. The highest BCUT2D eigenvalue weighted by atomic mass is 79.9. The summed E-state index contributed by atoms with van der Waals surface area (Å²) in [4.78, 5) is 6.70. The maximum Gasteiger partial charge on any atom is 0.307 e. The van der Waals surface area contributed by atoms with E-state index in [0.717, 1.165) is 12.6 Å². The van der Waals surface area contributed by atoms with Gasteiger partial charge in [0.1, 0.15) is 6.33 Å². The molecule has 1 aromatic rings. The van der Waals surface area contributed by atoms with Gasteiger partial charge in [0.25, 0.3) is 5.88 Å². The molecule has 0 aromatic carbocycles. The van der Waals surface area contributed by atoms with E-state index in [1.54, 1.807) is 6.92 Å². The fourth-order valence-corrected chi connectivity index (χ4v) is 1.57. The van der Waals surface area contributed by atoms with Crippen LogP contribution in [0.5, 0.6) is 5.88 Å². The number of rotatable bonds is 3. The molecule has 0 unspecified atom stereocenters. The predicted octanol–water partition coefficient (Wildman–Crippen LogP) is 1.41. The van der Waals surface area contributed by atoms with E-state index in [2.05, 4.69) is 30.1 Å². The summed E-state index contributed by atoms with van der Waals surface area (Å²) in [6.07, 6.45) is 1.85. The van der Waals surface area contributed by atoms with Crippen molar-refractivity contribution in [3.63, 3.8) is 0 Å². The van der Waals surface area contributed by atoms with Crippen LogP contribution in [0.4, 0.5) is 4.39 Å². The zero-order valence-electron chi connectivity index (χ0n) is 7.94. The van der Waals surface area contributed by atoms with Crippen molar-refractivity contribution >= 4 is 26.0 Å². The van der Waals surface area contributed by atoms with Crippen LogP contribution in [0.25, 0.3) is 0 Å². The molecule has 0 bridgehead atoms. The minimum absolute atomic E-state index is 0.0450. The highest BCUT2D eigenvalue weighted by Gasteiger charge is 2.18. The van der Waals surface area contributed by atoms with Gasteiger partial charge >= 0.3 is 10.1 Å². The number of aromatic nitrogens is 2. The van der Waals surface area contributed by atoms with Crippen LogP contribution in [0.1, 0.15) is 17.4 Å². The zero-order chi connectivity index (χ0) is 11.6. The standard InChI is InChI=1S/C7H8BrFN2O3S/c1-4(8)6-5(9)7(11-3-10-6)14-15(2,12)13/h3-4H,1-2H3/t4-/m0/s1. The first-order chi connectivity index (χ1) is 6.81. The van der Waals surface area contributed by atoms with E-state index in [0.29, 0.717) is 0 Å². The predicted molar refractivity (Wildman–Crippen MR) is 54.8 cm³/mol. The van der Waals surface area contributed by atoms with Gasteiger partial charge in [0.2, 0.25) is 5.82 Å². The fourth-order valence-electron chi connectivity index (χ4n) is 0.845. The molecule has 1 heterocycles. The highest BCUT2D eigenvalue weighted by molar-refractivity contribution is 9.09. The van der Waals surface area contributed by atoms with Gasteiger partial charge in [-0.2, -0.15) is 17.8 Å². The molecule has 5 nitrogen and oxygen atoms in total. The normalized spacial score (nSPS) is 13.6. The van der Waals surface area contributed by atoms with E-state index in [1.807, 2.05) is 0 Å². The first-order valence-corrected chi connectivity index (χ1v) is 6.58. The number of alkyl halides is 1. The van der Waals surface area contributed by atoms with Crippen LogP contribution < -0.4 is 4.18 Å². The average molecular weight is 299 g/mol. The van der Waals surface area contributed by atoms with Crippen molar-refractivity contribution in [3.8, 4) is 5.88 Å². The lowest BCUT2D eigenvalue weighted by Crippen LogP contribution is -2.10.